The molecule has 3 nitrogen and oxygen atoms in total. The van der Waals surface area contributed by atoms with Gasteiger partial charge in [0.25, 0.3) is 0 Å². The van der Waals surface area contributed by atoms with Gasteiger partial charge in [-0.15, -0.1) is 0 Å². The highest BCUT2D eigenvalue weighted by Crippen LogP contribution is 2.25. The maximum atomic E-state index is 5.87. The van der Waals surface area contributed by atoms with Gasteiger partial charge >= 0.3 is 0 Å². The Bertz CT molecular complexity index is 473. The molecule has 0 aliphatic carbocycles. The quantitative estimate of drug-likeness (QED) is 0.849. The van der Waals surface area contributed by atoms with Gasteiger partial charge in [-0.3, -0.25) is 0 Å². The number of rotatable bonds is 1. The highest BCUT2D eigenvalue weighted by Gasteiger charge is 2.13. The minimum Gasteiger partial charge on any atom is -0.323 e. The summed E-state index contributed by atoms with van der Waals surface area (Å²) < 4.78 is 3.08. The Morgan fingerprint density at radius 3 is 2.93 bits per heavy atom. The Morgan fingerprint density at radius 1 is 1.57 bits per heavy atom. The van der Waals surface area contributed by atoms with E-state index in [0.29, 0.717) is 0 Å². The molecule has 1 unspecified atom stereocenters. The Morgan fingerprint density at radius 2 is 2.29 bits per heavy atom. The standard InChI is InChI=1S/C10H12BrN3/c1-6(12)9-10-8(11)4-3-5-14(10)7(2)13-9/h3-6H,12H2,1-2H3. The molecule has 0 aromatic carbocycles. The van der Waals surface area contributed by atoms with Gasteiger partial charge in [0.15, 0.2) is 0 Å². The number of hydrogen-bond donors (Lipinski definition) is 1. The highest BCUT2D eigenvalue weighted by atomic mass is 79.9. The molecule has 14 heavy (non-hydrogen) atoms. The van der Waals surface area contributed by atoms with Gasteiger partial charge in [0.05, 0.1) is 11.2 Å². The molecule has 4 heteroatoms. The molecule has 2 aromatic heterocycles. The van der Waals surface area contributed by atoms with Crippen molar-refractivity contribution < 1.29 is 0 Å². The number of imidazole rings is 1. The van der Waals surface area contributed by atoms with E-state index in [2.05, 4.69) is 20.9 Å². The molecule has 0 bridgehead atoms. The molecule has 1 atom stereocenters. The van der Waals surface area contributed by atoms with Crippen LogP contribution in [0.3, 0.4) is 0 Å². The van der Waals surface area contributed by atoms with Crippen LogP contribution in [0.25, 0.3) is 5.52 Å². The topological polar surface area (TPSA) is 43.3 Å². The molecule has 2 N–H and O–H groups in total. The largest absolute Gasteiger partial charge is 0.323 e. The lowest BCUT2D eigenvalue weighted by Crippen LogP contribution is -2.06. The number of halogens is 1. The monoisotopic (exact) mass is 253 g/mol. The fourth-order valence-corrected chi connectivity index (χ4v) is 2.14. The fraction of sp³-hybridized carbons (Fsp3) is 0.300. The van der Waals surface area contributed by atoms with Gasteiger partial charge < -0.3 is 10.1 Å². The molecule has 0 aliphatic rings. The molecule has 74 valence electrons. The van der Waals surface area contributed by atoms with E-state index in [9.17, 15) is 0 Å². The predicted octanol–water partition coefficient (Wildman–Crippen LogP) is 2.42. The minimum absolute atomic E-state index is 0.0441. The summed E-state index contributed by atoms with van der Waals surface area (Å²) in [5, 5.41) is 0. The molecule has 0 aliphatic heterocycles. The molecule has 0 saturated carbocycles. The van der Waals surface area contributed by atoms with Crippen LogP contribution in [0.4, 0.5) is 0 Å². The van der Waals surface area contributed by atoms with Gasteiger partial charge in [0.2, 0.25) is 0 Å². The van der Waals surface area contributed by atoms with E-state index >= 15 is 0 Å². The van der Waals surface area contributed by atoms with Crippen molar-refractivity contribution in [3.05, 3.63) is 34.3 Å². The summed E-state index contributed by atoms with van der Waals surface area (Å²) in [4.78, 5) is 4.46. The van der Waals surface area contributed by atoms with E-state index in [1.165, 1.54) is 0 Å². The molecular formula is C10H12BrN3. The SMILES string of the molecule is Cc1nc(C(C)N)c2c(Br)cccn12. The average Bonchev–Trinajstić information content (AvgIpc) is 2.46. The van der Waals surface area contributed by atoms with Gasteiger partial charge in [-0.05, 0) is 41.9 Å². The zero-order valence-corrected chi connectivity index (χ0v) is 9.75. The van der Waals surface area contributed by atoms with Crippen LogP contribution in [0.15, 0.2) is 22.8 Å². The average molecular weight is 254 g/mol. The molecule has 2 heterocycles. The van der Waals surface area contributed by atoms with Crippen LogP contribution in [-0.2, 0) is 0 Å². The molecule has 0 radical (unpaired) electrons. The molecule has 0 spiro atoms. The Balaban J connectivity index is 2.86. The Kier molecular flexibility index (Phi) is 2.33. The van der Waals surface area contributed by atoms with Crippen molar-refractivity contribution in [1.29, 1.82) is 0 Å². The molecule has 0 fully saturated rings. The lowest BCUT2D eigenvalue weighted by atomic mass is 10.2. The van der Waals surface area contributed by atoms with Crippen LogP contribution in [0.5, 0.6) is 0 Å². The second-order valence-corrected chi connectivity index (χ2v) is 4.26. The van der Waals surface area contributed by atoms with Crippen molar-refractivity contribution in [2.24, 2.45) is 5.73 Å². The minimum atomic E-state index is -0.0441. The van der Waals surface area contributed by atoms with Crippen LogP contribution in [-0.4, -0.2) is 9.38 Å². The summed E-state index contributed by atoms with van der Waals surface area (Å²) >= 11 is 3.51. The van der Waals surface area contributed by atoms with Crippen molar-refractivity contribution >= 4 is 21.4 Å². The van der Waals surface area contributed by atoms with E-state index in [-0.39, 0.29) is 6.04 Å². The Hall–Kier alpha value is -0.870. The number of aromatic nitrogens is 2. The first-order chi connectivity index (χ1) is 6.61. The first kappa shape index (κ1) is 9.68. The smallest absolute Gasteiger partial charge is 0.110 e. The summed E-state index contributed by atoms with van der Waals surface area (Å²) in [6.07, 6.45) is 1.99. The molecule has 2 aromatic rings. The van der Waals surface area contributed by atoms with Crippen molar-refractivity contribution in [2.75, 3.05) is 0 Å². The van der Waals surface area contributed by atoms with Gasteiger partial charge in [0, 0.05) is 16.7 Å². The summed E-state index contributed by atoms with van der Waals surface area (Å²) in [6.45, 7) is 3.92. The summed E-state index contributed by atoms with van der Waals surface area (Å²) in [5.74, 6) is 0.966. The van der Waals surface area contributed by atoms with E-state index < -0.39 is 0 Å². The number of pyridine rings is 1. The van der Waals surface area contributed by atoms with Crippen LogP contribution < -0.4 is 5.73 Å². The second kappa shape index (κ2) is 3.37. The predicted molar refractivity (Wildman–Crippen MR) is 60.2 cm³/mol. The van der Waals surface area contributed by atoms with Crippen molar-refractivity contribution in [3.8, 4) is 0 Å². The van der Waals surface area contributed by atoms with Gasteiger partial charge in [-0.2, -0.15) is 0 Å². The van der Waals surface area contributed by atoms with Crippen molar-refractivity contribution in [1.82, 2.24) is 9.38 Å². The number of hydrogen-bond acceptors (Lipinski definition) is 2. The molecule has 2 rings (SSSR count). The molecular weight excluding hydrogens is 242 g/mol. The number of nitrogens with zero attached hydrogens (tertiary/aromatic N) is 2. The van der Waals surface area contributed by atoms with Crippen LogP contribution in [0.1, 0.15) is 24.5 Å². The number of nitrogens with two attached hydrogens (primary N) is 1. The van der Waals surface area contributed by atoms with Crippen LogP contribution >= 0.6 is 15.9 Å². The van der Waals surface area contributed by atoms with E-state index in [4.69, 9.17) is 5.73 Å². The molecule has 0 amide bonds. The second-order valence-electron chi connectivity index (χ2n) is 3.41. The lowest BCUT2D eigenvalue weighted by Gasteiger charge is -2.03. The summed E-state index contributed by atoms with van der Waals surface area (Å²) in [7, 11) is 0. The van der Waals surface area contributed by atoms with E-state index in [1.54, 1.807) is 0 Å². The maximum Gasteiger partial charge on any atom is 0.110 e. The summed E-state index contributed by atoms with van der Waals surface area (Å²) in [5.41, 5.74) is 7.87. The fourth-order valence-electron chi connectivity index (χ4n) is 1.60. The van der Waals surface area contributed by atoms with Crippen molar-refractivity contribution in [2.45, 2.75) is 19.9 Å². The Labute approximate surface area is 91.1 Å². The molecule has 0 saturated heterocycles. The van der Waals surface area contributed by atoms with Gasteiger partial charge in [-0.25, -0.2) is 4.98 Å². The van der Waals surface area contributed by atoms with Gasteiger partial charge in [0.1, 0.15) is 5.82 Å². The van der Waals surface area contributed by atoms with Crippen LogP contribution in [0, 0.1) is 6.92 Å². The number of aryl methyl sites for hydroxylation is 1. The normalized spacial score (nSPS) is 13.4. The van der Waals surface area contributed by atoms with E-state index in [1.807, 2.05) is 36.6 Å². The highest BCUT2D eigenvalue weighted by molar-refractivity contribution is 9.10. The lowest BCUT2D eigenvalue weighted by molar-refractivity contribution is 0.792. The zero-order valence-electron chi connectivity index (χ0n) is 8.16. The third-order valence-corrected chi connectivity index (χ3v) is 2.89. The zero-order chi connectivity index (χ0) is 10.3. The maximum absolute atomic E-state index is 5.87. The third kappa shape index (κ3) is 1.35. The number of fused-ring (bicyclic) bond motifs is 1. The third-order valence-electron chi connectivity index (χ3n) is 2.25. The van der Waals surface area contributed by atoms with Crippen LogP contribution in [0.2, 0.25) is 0 Å². The first-order valence-corrected chi connectivity index (χ1v) is 5.29. The summed E-state index contributed by atoms with van der Waals surface area (Å²) in [6, 6.07) is 3.94. The van der Waals surface area contributed by atoms with Crippen molar-refractivity contribution in [3.63, 3.8) is 0 Å². The van der Waals surface area contributed by atoms with Gasteiger partial charge in [-0.1, -0.05) is 0 Å². The first-order valence-electron chi connectivity index (χ1n) is 4.50. The van der Waals surface area contributed by atoms with E-state index in [0.717, 1.165) is 21.5 Å².